The van der Waals surface area contributed by atoms with Gasteiger partial charge in [0.05, 0.1) is 25.4 Å². The topological polar surface area (TPSA) is 77.5 Å². The fourth-order valence-electron chi connectivity index (χ4n) is 2.86. The summed E-state index contributed by atoms with van der Waals surface area (Å²) in [5.41, 5.74) is 7.75. The van der Waals surface area contributed by atoms with E-state index in [1.807, 2.05) is 36.5 Å². The van der Waals surface area contributed by atoms with Crippen LogP contribution in [-0.4, -0.2) is 22.8 Å². The average Bonchev–Trinajstić information content (AvgIpc) is 3.25. The number of nitrogens with zero attached hydrogens (tertiary/aromatic N) is 3. The molecule has 6 heteroatoms. The SMILES string of the molecule is COc1ccc(NC(N)=NCc2ccn(C3CCCC3)n2)cc1. The van der Waals surface area contributed by atoms with Crippen LogP contribution < -0.4 is 15.8 Å². The largest absolute Gasteiger partial charge is 0.497 e. The maximum absolute atomic E-state index is 5.93. The summed E-state index contributed by atoms with van der Waals surface area (Å²) < 4.78 is 7.20. The number of methoxy groups -OCH3 is 1. The Morgan fingerprint density at radius 2 is 2.04 bits per heavy atom. The van der Waals surface area contributed by atoms with Crippen molar-refractivity contribution in [3.63, 3.8) is 0 Å². The Hall–Kier alpha value is -2.50. The molecule has 1 aliphatic carbocycles. The van der Waals surface area contributed by atoms with Crippen molar-refractivity contribution < 1.29 is 4.74 Å². The van der Waals surface area contributed by atoms with Gasteiger partial charge in [-0.05, 0) is 43.2 Å². The minimum absolute atomic E-state index is 0.380. The second kappa shape index (κ2) is 7.17. The highest BCUT2D eigenvalue weighted by Crippen LogP contribution is 2.28. The van der Waals surface area contributed by atoms with Gasteiger partial charge in [-0.2, -0.15) is 5.10 Å². The summed E-state index contributed by atoms with van der Waals surface area (Å²) in [4.78, 5) is 4.35. The molecular formula is C17H23N5O. The van der Waals surface area contributed by atoms with E-state index in [1.165, 1.54) is 25.7 Å². The monoisotopic (exact) mass is 313 g/mol. The molecule has 0 aliphatic heterocycles. The molecule has 1 aromatic heterocycles. The molecule has 1 fully saturated rings. The maximum Gasteiger partial charge on any atom is 0.193 e. The van der Waals surface area contributed by atoms with E-state index in [0.29, 0.717) is 18.5 Å². The van der Waals surface area contributed by atoms with Gasteiger partial charge in [0.1, 0.15) is 5.75 Å². The van der Waals surface area contributed by atoms with E-state index < -0.39 is 0 Å². The van der Waals surface area contributed by atoms with E-state index in [4.69, 9.17) is 10.5 Å². The minimum Gasteiger partial charge on any atom is -0.497 e. The number of hydrogen-bond acceptors (Lipinski definition) is 3. The molecule has 0 radical (unpaired) electrons. The molecule has 1 aromatic carbocycles. The molecule has 0 amide bonds. The Morgan fingerprint density at radius 1 is 1.30 bits per heavy atom. The number of hydrogen-bond donors (Lipinski definition) is 2. The zero-order chi connectivity index (χ0) is 16.1. The zero-order valence-electron chi connectivity index (χ0n) is 13.4. The molecule has 1 heterocycles. The van der Waals surface area contributed by atoms with Crippen LogP contribution in [0.2, 0.25) is 0 Å². The van der Waals surface area contributed by atoms with Gasteiger partial charge in [-0.25, -0.2) is 4.99 Å². The van der Waals surface area contributed by atoms with Crippen molar-refractivity contribution in [3.8, 4) is 5.75 Å². The van der Waals surface area contributed by atoms with Crippen LogP contribution in [0.5, 0.6) is 5.75 Å². The van der Waals surface area contributed by atoms with Gasteiger partial charge in [0, 0.05) is 11.9 Å². The molecule has 0 spiro atoms. The third-order valence-electron chi connectivity index (χ3n) is 4.14. The van der Waals surface area contributed by atoms with Gasteiger partial charge in [-0.3, -0.25) is 4.68 Å². The van der Waals surface area contributed by atoms with Gasteiger partial charge in [0.25, 0.3) is 0 Å². The molecule has 3 rings (SSSR count). The van der Waals surface area contributed by atoms with E-state index in [1.54, 1.807) is 7.11 Å². The number of anilines is 1. The van der Waals surface area contributed by atoms with E-state index in [9.17, 15) is 0 Å². The molecule has 122 valence electrons. The van der Waals surface area contributed by atoms with Crippen molar-refractivity contribution in [1.29, 1.82) is 0 Å². The minimum atomic E-state index is 0.380. The number of benzene rings is 1. The van der Waals surface area contributed by atoms with Crippen molar-refractivity contribution in [3.05, 3.63) is 42.2 Å². The van der Waals surface area contributed by atoms with Gasteiger partial charge in [-0.15, -0.1) is 0 Å². The highest BCUT2D eigenvalue weighted by Gasteiger charge is 2.17. The van der Waals surface area contributed by atoms with Crippen LogP contribution in [0, 0.1) is 0 Å². The molecule has 0 bridgehead atoms. The first-order chi connectivity index (χ1) is 11.2. The van der Waals surface area contributed by atoms with Gasteiger partial charge in [0.15, 0.2) is 5.96 Å². The van der Waals surface area contributed by atoms with Crippen LogP contribution in [0.25, 0.3) is 0 Å². The predicted molar refractivity (Wildman–Crippen MR) is 91.7 cm³/mol. The molecule has 3 N–H and O–H groups in total. The Morgan fingerprint density at radius 3 is 2.74 bits per heavy atom. The highest BCUT2D eigenvalue weighted by atomic mass is 16.5. The maximum atomic E-state index is 5.93. The quantitative estimate of drug-likeness (QED) is 0.657. The van der Waals surface area contributed by atoms with E-state index in [2.05, 4.69) is 20.1 Å². The molecule has 0 saturated heterocycles. The average molecular weight is 313 g/mol. The molecule has 1 aliphatic rings. The van der Waals surface area contributed by atoms with Crippen molar-refractivity contribution >= 4 is 11.6 Å². The van der Waals surface area contributed by atoms with E-state index >= 15 is 0 Å². The van der Waals surface area contributed by atoms with Crippen molar-refractivity contribution in [2.45, 2.75) is 38.3 Å². The number of rotatable bonds is 5. The number of aromatic nitrogens is 2. The normalized spacial score (nSPS) is 15.8. The molecule has 1 saturated carbocycles. The number of aliphatic imine (C=N–C) groups is 1. The number of guanidine groups is 1. The van der Waals surface area contributed by atoms with Crippen LogP contribution in [-0.2, 0) is 6.54 Å². The zero-order valence-corrected chi connectivity index (χ0v) is 13.4. The molecular weight excluding hydrogens is 290 g/mol. The second-order valence-corrected chi connectivity index (χ2v) is 5.78. The summed E-state index contributed by atoms with van der Waals surface area (Å²) in [5.74, 6) is 1.19. The summed E-state index contributed by atoms with van der Waals surface area (Å²) in [6.07, 6.45) is 7.11. The van der Waals surface area contributed by atoms with Gasteiger partial charge in [-0.1, -0.05) is 12.8 Å². The predicted octanol–water partition coefficient (Wildman–Crippen LogP) is 2.93. The fraction of sp³-hybridized carbons (Fsp3) is 0.412. The molecule has 6 nitrogen and oxygen atoms in total. The number of nitrogens with one attached hydrogen (secondary N) is 1. The lowest BCUT2D eigenvalue weighted by atomic mass is 10.3. The summed E-state index contributed by atoms with van der Waals surface area (Å²) >= 11 is 0. The lowest BCUT2D eigenvalue weighted by molar-refractivity contribution is 0.415. The second-order valence-electron chi connectivity index (χ2n) is 5.78. The van der Waals surface area contributed by atoms with Gasteiger partial charge in [0.2, 0.25) is 0 Å². The van der Waals surface area contributed by atoms with E-state index in [0.717, 1.165) is 17.1 Å². The number of ether oxygens (including phenoxy) is 1. The highest BCUT2D eigenvalue weighted by molar-refractivity contribution is 5.92. The standard InChI is InChI=1S/C17H23N5O/c1-23-16-8-6-13(7-9-16)20-17(18)19-12-14-10-11-22(21-14)15-4-2-3-5-15/h6-11,15H,2-5,12H2,1H3,(H3,18,19,20). The van der Waals surface area contributed by atoms with Gasteiger partial charge >= 0.3 is 0 Å². The van der Waals surface area contributed by atoms with Crippen LogP contribution in [0.4, 0.5) is 5.69 Å². The lowest BCUT2D eigenvalue weighted by Gasteiger charge is -2.08. The first-order valence-corrected chi connectivity index (χ1v) is 7.99. The molecule has 23 heavy (non-hydrogen) atoms. The molecule has 0 atom stereocenters. The summed E-state index contributed by atoms with van der Waals surface area (Å²) in [7, 11) is 1.64. The van der Waals surface area contributed by atoms with Crippen molar-refractivity contribution in [1.82, 2.24) is 9.78 Å². The summed E-state index contributed by atoms with van der Waals surface area (Å²) in [6.45, 7) is 0.481. The van der Waals surface area contributed by atoms with Gasteiger partial charge < -0.3 is 15.8 Å². The van der Waals surface area contributed by atoms with Crippen LogP contribution in [0.1, 0.15) is 37.4 Å². The smallest absolute Gasteiger partial charge is 0.193 e. The third-order valence-corrected chi connectivity index (χ3v) is 4.14. The van der Waals surface area contributed by atoms with Crippen LogP contribution in [0.15, 0.2) is 41.5 Å². The Balaban J connectivity index is 1.56. The first kappa shape index (κ1) is 15.4. The lowest BCUT2D eigenvalue weighted by Crippen LogP contribution is -2.22. The third kappa shape index (κ3) is 4.03. The number of nitrogens with two attached hydrogens (primary N) is 1. The molecule has 0 unspecified atom stereocenters. The Kier molecular flexibility index (Phi) is 4.80. The molecule has 2 aromatic rings. The van der Waals surface area contributed by atoms with Crippen molar-refractivity contribution in [2.24, 2.45) is 10.7 Å². The first-order valence-electron chi connectivity index (χ1n) is 7.99. The van der Waals surface area contributed by atoms with E-state index in [-0.39, 0.29) is 0 Å². The summed E-state index contributed by atoms with van der Waals surface area (Å²) in [5, 5.41) is 7.67. The van der Waals surface area contributed by atoms with Crippen LogP contribution in [0.3, 0.4) is 0 Å². The Labute approximate surface area is 136 Å². The summed E-state index contributed by atoms with van der Waals surface area (Å²) in [6, 6.07) is 10.1. The van der Waals surface area contributed by atoms with Crippen molar-refractivity contribution in [2.75, 3.05) is 12.4 Å². The van der Waals surface area contributed by atoms with Crippen LogP contribution >= 0.6 is 0 Å². The Bertz CT molecular complexity index is 656. The fourth-order valence-corrected chi connectivity index (χ4v) is 2.86.